The van der Waals surface area contributed by atoms with Gasteiger partial charge in [-0.3, -0.25) is 9.59 Å². The Morgan fingerprint density at radius 3 is 2.59 bits per heavy atom. The minimum atomic E-state index is -0.0812. The van der Waals surface area contributed by atoms with E-state index in [1.807, 2.05) is 11.0 Å². The van der Waals surface area contributed by atoms with Gasteiger partial charge in [-0.05, 0) is 37.0 Å². The van der Waals surface area contributed by atoms with Crippen LogP contribution < -0.4 is 4.90 Å². The molecule has 0 atom stereocenters. The number of likely N-dealkylation sites (tertiary alicyclic amines) is 1. The summed E-state index contributed by atoms with van der Waals surface area (Å²) in [5.74, 6) is 0.742. The van der Waals surface area contributed by atoms with Crippen molar-refractivity contribution in [2.75, 3.05) is 24.5 Å². The molecule has 2 rings (SSSR count). The maximum Gasteiger partial charge on any atom is 0.224 e. The number of piperidine rings is 1. The van der Waals surface area contributed by atoms with Crippen LogP contribution in [-0.2, 0) is 9.59 Å². The largest absolute Gasteiger partial charge is 0.343 e. The first kappa shape index (κ1) is 16.8. The molecule has 1 aliphatic heterocycles. The molecular formula is C17H23ClN2O2. The summed E-state index contributed by atoms with van der Waals surface area (Å²) >= 11 is 5.98. The highest BCUT2D eigenvalue weighted by atomic mass is 35.5. The molecule has 5 heteroatoms. The summed E-state index contributed by atoms with van der Waals surface area (Å²) in [6.45, 7) is 5.78. The van der Waals surface area contributed by atoms with Gasteiger partial charge >= 0.3 is 0 Å². The van der Waals surface area contributed by atoms with Gasteiger partial charge in [-0.25, -0.2) is 0 Å². The lowest BCUT2D eigenvalue weighted by atomic mass is 9.99. The van der Waals surface area contributed by atoms with Gasteiger partial charge in [0.25, 0.3) is 0 Å². The molecular weight excluding hydrogens is 300 g/mol. The van der Waals surface area contributed by atoms with Crippen molar-refractivity contribution in [3.05, 3.63) is 29.3 Å². The monoisotopic (exact) mass is 322 g/mol. The molecule has 1 aromatic rings. The number of hydrogen-bond acceptors (Lipinski definition) is 2. The minimum Gasteiger partial charge on any atom is -0.343 e. The summed E-state index contributed by atoms with van der Waals surface area (Å²) in [6.07, 6.45) is 2.48. The Kier molecular flexibility index (Phi) is 5.83. The second-order valence-corrected chi connectivity index (χ2v) is 6.40. The molecule has 120 valence electrons. The Balaban J connectivity index is 1.95. The molecule has 0 N–H and O–H groups in total. The number of halogens is 1. The number of carbonyl (C=O) groups excluding carboxylic acids is 2. The third-order valence-corrected chi connectivity index (χ3v) is 4.42. The molecule has 1 aromatic carbocycles. The first-order valence-electron chi connectivity index (χ1n) is 7.79. The van der Waals surface area contributed by atoms with E-state index in [2.05, 4.69) is 6.92 Å². The molecule has 0 aromatic heterocycles. The van der Waals surface area contributed by atoms with Crippen LogP contribution >= 0.6 is 11.6 Å². The van der Waals surface area contributed by atoms with E-state index in [0.29, 0.717) is 23.9 Å². The fraction of sp³-hybridized carbons (Fsp3) is 0.529. The van der Waals surface area contributed by atoms with E-state index in [4.69, 9.17) is 11.6 Å². The Labute approximate surface area is 137 Å². The van der Waals surface area contributed by atoms with Crippen molar-refractivity contribution in [1.29, 1.82) is 0 Å². The fourth-order valence-electron chi connectivity index (χ4n) is 2.74. The SMILES string of the molecule is CC(=O)N(CCC(=O)N1CCC(C)CC1)c1cccc(Cl)c1. The van der Waals surface area contributed by atoms with Gasteiger partial charge < -0.3 is 9.80 Å². The van der Waals surface area contributed by atoms with Gasteiger partial charge in [-0.1, -0.05) is 24.6 Å². The van der Waals surface area contributed by atoms with Crippen LogP contribution in [0.2, 0.25) is 5.02 Å². The summed E-state index contributed by atoms with van der Waals surface area (Å²) < 4.78 is 0. The predicted octanol–water partition coefficient (Wildman–Crippen LogP) is 3.34. The van der Waals surface area contributed by atoms with Crippen molar-refractivity contribution in [2.24, 2.45) is 5.92 Å². The van der Waals surface area contributed by atoms with E-state index in [0.717, 1.165) is 31.6 Å². The fourth-order valence-corrected chi connectivity index (χ4v) is 2.92. The minimum absolute atomic E-state index is 0.0812. The van der Waals surface area contributed by atoms with Crippen molar-refractivity contribution < 1.29 is 9.59 Å². The molecule has 0 unspecified atom stereocenters. The summed E-state index contributed by atoms with van der Waals surface area (Å²) in [5, 5.41) is 0.583. The number of benzene rings is 1. The number of anilines is 1. The van der Waals surface area contributed by atoms with Crippen molar-refractivity contribution >= 4 is 29.1 Å². The highest BCUT2D eigenvalue weighted by Crippen LogP contribution is 2.21. The number of carbonyl (C=O) groups is 2. The average Bonchev–Trinajstić information content (AvgIpc) is 2.47. The standard InChI is InChI=1S/C17H23ClN2O2/c1-13-6-9-19(10-7-13)17(22)8-11-20(14(2)21)16-5-3-4-15(18)12-16/h3-5,12-13H,6-11H2,1-2H3. The van der Waals surface area contributed by atoms with Crippen LogP contribution in [0, 0.1) is 5.92 Å². The first-order chi connectivity index (χ1) is 10.5. The maximum atomic E-state index is 12.3. The molecule has 1 aliphatic rings. The van der Waals surface area contributed by atoms with E-state index in [1.165, 1.54) is 6.92 Å². The van der Waals surface area contributed by atoms with Crippen molar-refractivity contribution in [3.63, 3.8) is 0 Å². The van der Waals surface area contributed by atoms with E-state index in [1.54, 1.807) is 23.1 Å². The summed E-state index contributed by atoms with van der Waals surface area (Å²) in [7, 11) is 0. The highest BCUT2D eigenvalue weighted by molar-refractivity contribution is 6.30. The number of amides is 2. The molecule has 0 aliphatic carbocycles. The van der Waals surface area contributed by atoms with Crippen LogP contribution in [0.4, 0.5) is 5.69 Å². The van der Waals surface area contributed by atoms with Crippen LogP contribution in [0.3, 0.4) is 0 Å². The van der Waals surface area contributed by atoms with Crippen LogP contribution in [0.1, 0.15) is 33.1 Å². The smallest absolute Gasteiger partial charge is 0.224 e. The van der Waals surface area contributed by atoms with Crippen LogP contribution in [0.15, 0.2) is 24.3 Å². The Hall–Kier alpha value is -1.55. The quantitative estimate of drug-likeness (QED) is 0.853. The van der Waals surface area contributed by atoms with Crippen LogP contribution in [0.25, 0.3) is 0 Å². The van der Waals surface area contributed by atoms with Gasteiger partial charge in [-0.15, -0.1) is 0 Å². The van der Waals surface area contributed by atoms with E-state index < -0.39 is 0 Å². The number of hydrogen-bond donors (Lipinski definition) is 0. The summed E-state index contributed by atoms with van der Waals surface area (Å²) in [4.78, 5) is 27.7. The van der Waals surface area contributed by atoms with Crippen molar-refractivity contribution in [2.45, 2.75) is 33.1 Å². The lowest BCUT2D eigenvalue weighted by Gasteiger charge is -2.31. The Morgan fingerprint density at radius 2 is 2.00 bits per heavy atom. The Bertz CT molecular complexity index is 539. The molecule has 1 heterocycles. The summed E-state index contributed by atoms with van der Waals surface area (Å²) in [5.41, 5.74) is 0.736. The zero-order valence-corrected chi connectivity index (χ0v) is 14.0. The highest BCUT2D eigenvalue weighted by Gasteiger charge is 2.21. The number of rotatable bonds is 4. The summed E-state index contributed by atoms with van der Waals surface area (Å²) in [6, 6.07) is 7.15. The molecule has 0 saturated carbocycles. The van der Waals surface area contributed by atoms with Crippen molar-refractivity contribution in [3.8, 4) is 0 Å². The predicted molar refractivity (Wildman–Crippen MR) is 89.1 cm³/mol. The maximum absolute atomic E-state index is 12.3. The lowest BCUT2D eigenvalue weighted by Crippen LogP contribution is -2.40. The molecule has 4 nitrogen and oxygen atoms in total. The third-order valence-electron chi connectivity index (χ3n) is 4.19. The first-order valence-corrected chi connectivity index (χ1v) is 8.16. The molecule has 1 saturated heterocycles. The molecule has 1 fully saturated rings. The second-order valence-electron chi connectivity index (χ2n) is 5.96. The van der Waals surface area contributed by atoms with E-state index >= 15 is 0 Å². The van der Waals surface area contributed by atoms with Gasteiger partial charge in [0.2, 0.25) is 11.8 Å². The van der Waals surface area contributed by atoms with E-state index in [9.17, 15) is 9.59 Å². The van der Waals surface area contributed by atoms with Crippen LogP contribution in [0.5, 0.6) is 0 Å². The average molecular weight is 323 g/mol. The zero-order valence-electron chi connectivity index (χ0n) is 13.2. The Morgan fingerprint density at radius 1 is 1.32 bits per heavy atom. The van der Waals surface area contributed by atoms with E-state index in [-0.39, 0.29) is 11.8 Å². The molecule has 0 radical (unpaired) electrons. The van der Waals surface area contributed by atoms with Gasteiger partial charge in [0, 0.05) is 43.7 Å². The van der Waals surface area contributed by atoms with Gasteiger partial charge in [0.05, 0.1) is 0 Å². The number of nitrogens with zero attached hydrogens (tertiary/aromatic N) is 2. The second kappa shape index (κ2) is 7.63. The molecule has 0 spiro atoms. The van der Waals surface area contributed by atoms with Gasteiger partial charge in [0.1, 0.15) is 0 Å². The molecule has 2 amide bonds. The molecule has 0 bridgehead atoms. The van der Waals surface area contributed by atoms with Crippen molar-refractivity contribution in [1.82, 2.24) is 4.90 Å². The van der Waals surface area contributed by atoms with Crippen LogP contribution in [-0.4, -0.2) is 36.3 Å². The molecule has 22 heavy (non-hydrogen) atoms. The normalized spacial score (nSPS) is 15.7. The zero-order chi connectivity index (χ0) is 16.1. The van der Waals surface area contributed by atoms with Gasteiger partial charge in [-0.2, -0.15) is 0 Å². The topological polar surface area (TPSA) is 40.6 Å². The van der Waals surface area contributed by atoms with Gasteiger partial charge in [0.15, 0.2) is 0 Å². The third kappa shape index (κ3) is 4.47. The lowest BCUT2D eigenvalue weighted by molar-refractivity contribution is -0.132.